The number of benzene rings is 3. The normalized spacial score (nSPS) is 14.2. The highest BCUT2D eigenvalue weighted by molar-refractivity contribution is 6.31. The van der Waals surface area contributed by atoms with Crippen LogP contribution in [0.4, 0.5) is 5.69 Å². The molecule has 1 aliphatic rings. The number of carbonyl (C=O) groups excluding carboxylic acids is 2. The smallest absolute Gasteiger partial charge is 0.282 e. The Morgan fingerprint density at radius 2 is 1.63 bits per heavy atom. The number of carbonyl (C=O) groups is 2. The van der Waals surface area contributed by atoms with E-state index < -0.39 is 11.8 Å². The number of amides is 2. The van der Waals surface area contributed by atoms with Crippen molar-refractivity contribution in [2.24, 2.45) is 0 Å². The van der Waals surface area contributed by atoms with Crippen molar-refractivity contribution in [3.8, 4) is 17.2 Å². The number of hydrazine groups is 1. The number of hydrogen-bond donors (Lipinski definition) is 1. The molecule has 3 aromatic carbocycles. The van der Waals surface area contributed by atoms with Crippen molar-refractivity contribution in [1.29, 1.82) is 0 Å². The van der Waals surface area contributed by atoms with Crippen LogP contribution in [0.5, 0.6) is 17.2 Å². The van der Waals surface area contributed by atoms with Gasteiger partial charge in [0.25, 0.3) is 11.8 Å². The van der Waals surface area contributed by atoms with Crippen LogP contribution < -0.4 is 24.6 Å². The van der Waals surface area contributed by atoms with Gasteiger partial charge in [-0.1, -0.05) is 35.9 Å². The fourth-order valence-corrected chi connectivity index (χ4v) is 3.57. The van der Waals surface area contributed by atoms with Crippen molar-refractivity contribution in [2.45, 2.75) is 13.3 Å². The number of para-hydroxylation sites is 1. The molecule has 1 N–H and O–H groups in total. The molecule has 7 nitrogen and oxygen atoms in total. The molecule has 180 valence electrons. The molecule has 0 spiro atoms. The van der Waals surface area contributed by atoms with E-state index in [4.69, 9.17) is 25.8 Å². The van der Waals surface area contributed by atoms with Gasteiger partial charge in [0.05, 0.1) is 25.5 Å². The summed E-state index contributed by atoms with van der Waals surface area (Å²) in [6.45, 7) is 3.24. The van der Waals surface area contributed by atoms with Gasteiger partial charge in [-0.05, 0) is 67.1 Å². The molecule has 1 saturated heterocycles. The van der Waals surface area contributed by atoms with Gasteiger partial charge in [-0.25, -0.2) is 5.01 Å². The fraction of sp³-hybridized carbons (Fsp3) is 0.185. The van der Waals surface area contributed by atoms with E-state index in [0.29, 0.717) is 54.0 Å². The van der Waals surface area contributed by atoms with Crippen molar-refractivity contribution >= 4 is 35.2 Å². The lowest BCUT2D eigenvalue weighted by Crippen LogP contribution is -2.35. The Kier molecular flexibility index (Phi) is 7.90. The zero-order valence-electron chi connectivity index (χ0n) is 19.2. The van der Waals surface area contributed by atoms with Gasteiger partial charge in [0, 0.05) is 11.4 Å². The summed E-state index contributed by atoms with van der Waals surface area (Å²) in [7, 11) is 0. The fourth-order valence-electron chi connectivity index (χ4n) is 3.45. The van der Waals surface area contributed by atoms with Crippen molar-refractivity contribution in [1.82, 2.24) is 5.43 Å². The molecule has 8 heteroatoms. The predicted octanol–water partition coefficient (Wildman–Crippen LogP) is 5.05. The summed E-state index contributed by atoms with van der Waals surface area (Å²) in [6, 6.07) is 21.4. The largest absolute Gasteiger partial charge is 0.493 e. The Labute approximate surface area is 208 Å². The second-order valence-electron chi connectivity index (χ2n) is 7.62. The third-order valence-electron chi connectivity index (χ3n) is 5.11. The van der Waals surface area contributed by atoms with Crippen LogP contribution >= 0.6 is 11.6 Å². The first kappa shape index (κ1) is 24.2. The van der Waals surface area contributed by atoms with Gasteiger partial charge < -0.3 is 14.2 Å². The van der Waals surface area contributed by atoms with Crippen LogP contribution in [0.15, 0.2) is 78.4 Å². The first-order chi connectivity index (χ1) is 17.0. The lowest BCUT2D eigenvalue weighted by Gasteiger charge is -2.14. The van der Waals surface area contributed by atoms with Crippen molar-refractivity contribution in [2.75, 3.05) is 24.8 Å². The molecule has 1 fully saturated rings. The van der Waals surface area contributed by atoms with Crippen LogP contribution in [0.2, 0.25) is 5.02 Å². The number of ether oxygens (including phenoxy) is 3. The summed E-state index contributed by atoms with van der Waals surface area (Å²) in [5.74, 6) is 0.982. The molecule has 4 rings (SSSR count). The number of hydrogen-bond acceptors (Lipinski definition) is 5. The highest BCUT2D eigenvalue weighted by Gasteiger charge is 2.34. The molecule has 3 aromatic rings. The van der Waals surface area contributed by atoms with E-state index in [9.17, 15) is 9.59 Å². The standard InChI is InChI=1S/C27H25ClN2O5/c1-2-33-25-18-19(17-23-26(31)29-30(27(23)32)21-7-4-3-5-8-21)9-14-24(25)35-16-6-15-34-22-12-10-20(28)11-13-22/h3-5,7-14,17-18H,2,6,15-16H2,1H3,(H,29,31). The molecule has 0 aliphatic carbocycles. The first-order valence-corrected chi connectivity index (χ1v) is 11.6. The maximum absolute atomic E-state index is 12.8. The minimum atomic E-state index is -0.460. The van der Waals surface area contributed by atoms with E-state index in [1.807, 2.05) is 25.1 Å². The van der Waals surface area contributed by atoms with Crippen molar-refractivity contribution < 1.29 is 23.8 Å². The third kappa shape index (κ3) is 6.13. The van der Waals surface area contributed by atoms with E-state index >= 15 is 0 Å². The zero-order chi connectivity index (χ0) is 24.6. The Bertz CT molecular complexity index is 1210. The maximum atomic E-state index is 12.8. The highest BCUT2D eigenvalue weighted by atomic mass is 35.5. The maximum Gasteiger partial charge on any atom is 0.282 e. The molecule has 0 atom stereocenters. The van der Waals surface area contributed by atoms with Gasteiger partial charge in [-0.2, -0.15) is 0 Å². The van der Waals surface area contributed by atoms with Crippen molar-refractivity contribution in [3.05, 3.63) is 89.0 Å². The Morgan fingerprint density at radius 3 is 2.37 bits per heavy atom. The second-order valence-corrected chi connectivity index (χ2v) is 8.06. The number of anilines is 1. The summed E-state index contributed by atoms with van der Waals surface area (Å²) in [6.07, 6.45) is 2.22. The lowest BCUT2D eigenvalue weighted by molar-refractivity contribution is -0.117. The molecule has 0 bridgehead atoms. The van der Waals surface area contributed by atoms with Crippen LogP contribution in [-0.4, -0.2) is 31.6 Å². The minimum absolute atomic E-state index is 0.0457. The van der Waals surface area contributed by atoms with E-state index in [-0.39, 0.29) is 5.57 Å². The predicted molar refractivity (Wildman–Crippen MR) is 135 cm³/mol. The number of rotatable bonds is 10. The SMILES string of the molecule is CCOc1cc(C=C2C(=O)NN(c3ccccc3)C2=O)ccc1OCCCOc1ccc(Cl)cc1. The molecule has 2 amide bonds. The molecule has 0 radical (unpaired) electrons. The highest BCUT2D eigenvalue weighted by Crippen LogP contribution is 2.30. The quantitative estimate of drug-likeness (QED) is 0.243. The topological polar surface area (TPSA) is 77.1 Å². The monoisotopic (exact) mass is 492 g/mol. The number of nitrogens with one attached hydrogen (secondary N) is 1. The van der Waals surface area contributed by atoms with E-state index in [2.05, 4.69) is 5.43 Å². The Hall–Kier alpha value is -3.97. The number of halogens is 1. The van der Waals surface area contributed by atoms with Crippen LogP contribution in [-0.2, 0) is 9.59 Å². The molecule has 1 aliphatic heterocycles. The molecular formula is C27H25ClN2O5. The average Bonchev–Trinajstić information content (AvgIpc) is 3.15. The molecule has 0 unspecified atom stereocenters. The zero-order valence-corrected chi connectivity index (χ0v) is 20.0. The molecule has 0 saturated carbocycles. The Morgan fingerprint density at radius 1 is 0.886 bits per heavy atom. The van der Waals surface area contributed by atoms with E-state index in [1.54, 1.807) is 60.7 Å². The third-order valence-corrected chi connectivity index (χ3v) is 5.37. The van der Waals surface area contributed by atoms with E-state index in [1.165, 1.54) is 5.01 Å². The summed E-state index contributed by atoms with van der Waals surface area (Å²) < 4.78 is 17.3. The van der Waals surface area contributed by atoms with Crippen LogP contribution in [0, 0.1) is 0 Å². The average molecular weight is 493 g/mol. The summed E-state index contributed by atoms with van der Waals surface area (Å²) >= 11 is 5.88. The first-order valence-electron chi connectivity index (χ1n) is 11.3. The number of nitrogens with zero attached hydrogens (tertiary/aromatic N) is 1. The van der Waals surface area contributed by atoms with Gasteiger partial charge in [-0.15, -0.1) is 0 Å². The van der Waals surface area contributed by atoms with Crippen LogP contribution in [0.25, 0.3) is 6.08 Å². The lowest BCUT2D eigenvalue weighted by atomic mass is 10.1. The molecule has 1 heterocycles. The minimum Gasteiger partial charge on any atom is -0.493 e. The second kappa shape index (κ2) is 11.4. The Balaban J connectivity index is 1.39. The summed E-state index contributed by atoms with van der Waals surface area (Å²) in [5, 5.41) is 1.90. The van der Waals surface area contributed by atoms with Crippen LogP contribution in [0.1, 0.15) is 18.9 Å². The van der Waals surface area contributed by atoms with Gasteiger partial charge in [0.15, 0.2) is 11.5 Å². The van der Waals surface area contributed by atoms with E-state index in [0.717, 1.165) is 5.75 Å². The van der Waals surface area contributed by atoms with Gasteiger partial charge in [0.1, 0.15) is 11.3 Å². The van der Waals surface area contributed by atoms with Gasteiger partial charge in [-0.3, -0.25) is 15.0 Å². The molecule has 0 aromatic heterocycles. The molecular weight excluding hydrogens is 468 g/mol. The molecule has 35 heavy (non-hydrogen) atoms. The van der Waals surface area contributed by atoms with Crippen molar-refractivity contribution in [3.63, 3.8) is 0 Å². The van der Waals surface area contributed by atoms with Gasteiger partial charge in [0.2, 0.25) is 0 Å². The summed E-state index contributed by atoms with van der Waals surface area (Å²) in [4.78, 5) is 25.3. The van der Waals surface area contributed by atoms with Gasteiger partial charge >= 0.3 is 0 Å². The van der Waals surface area contributed by atoms with Crippen LogP contribution in [0.3, 0.4) is 0 Å². The summed E-state index contributed by atoms with van der Waals surface area (Å²) in [5.41, 5.74) is 3.89.